The molecule has 0 saturated carbocycles. The molecule has 2 aromatic rings. The summed E-state index contributed by atoms with van der Waals surface area (Å²) in [6, 6.07) is 13.3. The van der Waals surface area contributed by atoms with Crippen molar-refractivity contribution < 1.29 is 22.8 Å². The third kappa shape index (κ3) is 6.25. The van der Waals surface area contributed by atoms with Crippen molar-refractivity contribution in [1.29, 1.82) is 0 Å². The molecule has 0 saturated heterocycles. The van der Waals surface area contributed by atoms with Gasteiger partial charge in [0.25, 0.3) is 0 Å². The van der Waals surface area contributed by atoms with Gasteiger partial charge in [-0.15, -0.1) is 0 Å². The Balaban J connectivity index is 2.01. The van der Waals surface area contributed by atoms with Crippen LogP contribution in [0.25, 0.3) is 0 Å². The van der Waals surface area contributed by atoms with E-state index in [4.69, 9.17) is 0 Å². The van der Waals surface area contributed by atoms with Crippen LogP contribution in [0.4, 0.5) is 11.4 Å². The zero-order valence-electron chi connectivity index (χ0n) is 16.6. The van der Waals surface area contributed by atoms with E-state index >= 15 is 0 Å². The lowest BCUT2D eigenvalue weighted by atomic mass is 10.1. The number of ketones is 1. The van der Waals surface area contributed by atoms with Crippen molar-refractivity contribution in [2.45, 2.75) is 32.4 Å². The van der Waals surface area contributed by atoms with Gasteiger partial charge in [0.2, 0.25) is 11.8 Å². The summed E-state index contributed by atoms with van der Waals surface area (Å²) in [6.07, 6.45) is 0.852. The molecule has 1 unspecified atom stereocenters. The van der Waals surface area contributed by atoms with Crippen LogP contribution >= 0.6 is 0 Å². The molecule has 0 aliphatic carbocycles. The molecular weight excluding hydrogens is 392 g/mol. The SMILES string of the molecule is CCc1ccc(NC(=O)CS(=O)(=O)C(C)C(=O)Nc2cccc(C(C)=O)c2)cc1. The van der Waals surface area contributed by atoms with Crippen molar-refractivity contribution in [1.82, 2.24) is 0 Å². The molecule has 1 atom stereocenters. The summed E-state index contributed by atoms with van der Waals surface area (Å²) in [4.78, 5) is 35.9. The Hall–Kier alpha value is -3.00. The topological polar surface area (TPSA) is 109 Å². The Morgan fingerprint density at radius 3 is 2.21 bits per heavy atom. The molecule has 154 valence electrons. The highest BCUT2D eigenvalue weighted by atomic mass is 32.2. The van der Waals surface area contributed by atoms with Crippen molar-refractivity contribution in [2.24, 2.45) is 0 Å². The van der Waals surface area contributed by atoms with E-state index in [0.717, 1.165) is 12.0 Å². The highest BCUT2D eigenvalue weighted by molar-refractivity contribution is 7.93. The van der Waals surface area contributed by atoms with Crippen LogP contribution in [-0.2, 0) is 25.8 Å². The molecule has 0 bridgehead atoms. The normalized spacial score (nSPS) is 12.1. The van der Waals surface area contributed by atoms with E-state index in [1.54, 1.807) is 30.3 Å². The number of aryl methyl sites for hydroxylation is 1. The molecular formula is C21H24N2O5S. The first-order valence-electron chi connectivity index (χ1n) is 9.14. The lowest BCUT2D eigenvalue weighted by Crippen LogP contribution is -2.37. The van der Waals surface area contributed by atoms with E-state index < -0.39 is 32.7 Å². The van der Waals surface area contributed by atoms with Gasteiger partial charge >= 0.3 is 0 Å². The van der Waals surface area contributed by atoms with Crippen molar-refractivity contribution in [2.75, 3.05) is 16.4 Å². The van der Waals surface area contributed by atoms with E-state index in [9.17, 15) is 22.8 Å². The maximum absolute atomic E-state index is 12.5. The fourth-order valence-corrected chi connectivity index (χ4v) is 3.62. The Bertz CT molecular complexity index is 1010. The zero-order valence-corrected chi connectivity index (χ0v) is 17.4. The minimum Gasteiger partial charge on any atom is -0.325 e. The number of hydrogen-bond acceptors (Lipinski definition) is 5. The van der Waals surface area contributed by atoms with E-state index in [1.807, 2.05) is 19.1 Å². The minimum absolute atomic E-state index is 0.176. The number of amides is 2. The Kier molecular flexibility index (Phi) is 7.28. The number of benzene rings is 2. The van der Waals surface area contributed by atoms with E-state index in [2.05, 4.69) is 10.6 Å². The number of carbonyl (C=O) groups excluding carboxylic acids is 3. The number of Topliss-reactive ketones (excluding diaryl/α,β-unsaturated/α-hetero) is 1. The first-order chi connectivity index (χ1) is 13.6. The molecule has 2 amide bonds. The first-order valence-corrected chi connectivity index (χ1v) is 10.9. The molecule has 0 fully saturated rings. The average Bonchev–Trinajstić information content (AvgIpc) is 2.67. The molecule has 2 rings (SSSR count). The van der Waals surface area contributed by atoms with Crippen molar-refractivity contribution in [3.63, 3.8) is 0 Å². The zero-order chi connectivity index (χ0) is 21.6. The van der Waals surface area contributed by atoms with E-state index in [-0.39, 0.29) is 5.78 Å². The highest BCUT2D eigenvalue weighted by Crippen LogP contribution is 2.14. The van der Waals surface area contributed by atoms with E-state index in [1.165, 1.54) is 19.9 Å². The first kappa shape index (κ1) is 22.3. The van der Waals surface area contributed by atoms with Gasteiger partial charge in [0.15, 0.2) is 15.6 Å². The van der Waals surface area contributed by atoms with Gasteiger partial charge in [-0.25, -0.2) is 8.42 Å². The Morgan fingerprint density at radius 1 is 0.966 bits per heavy atom. The van der Waals surface area contributed by atoms with Crippen LogP contribution in [0, 0.1) is 0 Å². The van der Waals surface area contributed by atoms with Gasteiger partial charge in [0.05, 0.1) is 0 Å². The lowest BCUT2D eigenvalue weighted by molar-refractivity contribution is -0.115. The minimum atomic E-state index is -4.03. The molecule has 0 aliphatic heterocycles. The van der Waals surface area contributed by atoms with Crippen LogP contribution in [0.2, 0.25) is 0 Å². The standard InChI is InChI=1S/C21H24N2O5S/c1-4-16-8-10-18(11-9-16)22-20(25)13-29(27,28)15(3)21(26)23-19-7-5-6-17(12-19)14(2)24/h5-12,15H,4,13H2,1-3H3,(H,22,25)(H,23,26). The maximum Gasteiger partial charge on any atom is 0.242 e. The predicted molar refractivity (Wildman–Crippen MR) is 113 cm³/mol. The second-order valence-corrected chi connectivity index (χ2v) is 9.00. The monoisotopic (exact) mass is 416 g/mol. The van der Waals surface area contributed by atoms with Crippen molar-refractivity contribution >= 4 is 38.8 Å². The molecule has 2 aromatic carbocycles. The van der Waals surface area contributed by atoms with Gasteiger partial charge in [-0.1, -0.05) is 31.2 Å². The quantitative estimate of drug-likeness (QED) is 0.643. The van der Waals surface area contributed by atoms with Gasteiger partial charge in [-0.2, -0.15) is 0 Å². The highest BCUT2D eigenvalue weighted by Gasteiger charge is 2.30. The molecule has 0 spiro atoms. The van der Waals surface area contributed by atoms with Gasteiger partial charge in [-0.3, -0.25) is 14.4 Å². The third-order valence-electron chi connectivity index (χ3n) is 4.42. The van der Waals surface area contributed by atoms with Crippen LogP contribution in [0.1, 0.15) is 36.7 Å². The van der Waals surface area contributed by atoms with Gasteiger partial charge in [-0.05, 0) is 50.1 Å². The predicted octanol–water partition coefficient (Wildman–Crippen LogP) is 2.83. The number of carbonyl (C=O) groups is 3. The molecule has 0 radical (unpaired) electrons. The molecule has 7 nitrogen and oxygen atoms in total. The van der Waals surface area contributed by atoms with Crippen molar-refractivity contribution in [3.8, 4) is 0 Å². The van der Waals surface area contributed by atoms with Crippen LogP contribution < -0.4 is 10.6 Å². The summed E-state index contributed by atoms with van der Waals surface area (Å²) in [5.74, 6) is -2.48. The molecule has 2 N–H and O–H groups in total. The summed E-state index contributed by atoms with van der Waals surface area (Å²) in [6.45, 7) is 4.62. The number of hydrogen-bond donors (Lipinski definition) is 2. The summed E-state index contributed by atoms with van der Waals surface area (Å²) < 4.78 is 24.9. The number of rotatable bonds is 8. The van der Waals surface area contributed by atoms with E-state index in [0.29, 0.717) is 16.9 Å². The summed E-state index contributed by atoms with van der Waals surface area (Å²) in [5, 5.41) is 3.57. The summed E-state index contributed by atoms with van der Waals surface area (Å²) in [7, 11) is -4.03. The fraction of sp³-hybridized carbons (Fsp3) is 0.286. The third-order valence-corrected chi connectivity index (χ3v) is 6.38. The van der Waals surface area contributed by atoms with Gasteiger partial charge in [0.1, 0.15) is 11.0 Å². The van der Waals surface area contributed by atoms with Crippen LogP contribution in [-0.4, -0.2) is 37.0 Å². The molecule has 0 heterocycles. The van der Waals surface area contributed by atoms with Gasteiger partial charge in [0, 0.05) is 16.9 Å². The average molecular weight is 416 g/mol. The molecule has 0 aliphatic rings. The Labute approximate surface area is 170 Å². The number of anilines is 2. The summed E-state index contributed by atoms with van der Waals surface area (Å²) in [5.41, 5.74) is 2.28. The van der Waals surface area contributed by atoms with Crippen molar-refractivity contribution in [3.05, 3.63) is 59.7 Å². The largest absolute Gasteiger partial charge is 0.325 e. The lowest BCUT2D eigenvalue weighted by Gasteiger charge is -2.14. The fourth-order valence-electron chi connectivity index (χ4n) is 2.55. The van der Waals surface area contributed by atoms with Gasteiger partial charge < -0.3 is 10.6 Å². The van der Waals surface area contributed by atoms with Crippen LogP contribution in [0.3, 0.4) is 0 Å². The number of nitrogens with one attached hydrogen (secondary N) is 2. The smallest absolute Gasteiger partial charge is 0.242 e. The molecule has 8 heteroatoms. The number of sulfone groups is 1. The van der Waals surface area contributed by atoms with Crippen LogP contribution in [0.15, 0.2) is 48.5 Å². The second kappa shape index (κ2) is 9.47. The Morgan fingerprint density at radius 2 is 1.62 bits per heavy atom. The molecule has 0 aromatic heterocycles. The molecule has 29 heavy (non-hydrogen) atoms. The second-order valence-electron chi connectivity index (χ2n) is 6.67. The maximum atomic E-state index is 12.5. The summed E-state index contributed by atoms with van der Waals surface area (Å²) >= 11 is 0. The van der Waals surface area contributed by atoms with Crippen LogP contribution in [0.5, 0.6) is 0 Å².